The lowest BCUT2D eigenvalue weighted by molar-refractivity contribution is 0.411. The van der Waals surface area contributed by atoms with Crippen molar-refractivity contribution in [3.05, 3.63) is 0 Å². The second-order valence-electron chi connectivity index (χ2n) is 5.09. The third kappa shape index (κ3) is 4.78. The summed E-state index contributed by atoms with van der Waals surface area (Å²) in [7, 11) is 7.89. The number of rotatable bonds is 8. The van der Waals surface area contributed by atoms with E-state index in [1.54, 1.807) is 0 Å². The van der Waals surface area contributed by atoms with Crippen LogP contribution in [-0.4, -0.2) is 67.7 Å². The zero-order valence-electron chi connectivity index (χ0n) is 13.1. The van der Waals surface area contributed by atoms with Crippen molar-refractivity contribution >= 4 is 17.8 Å². The van der Waals surface area contributed by atoms with Crippen LogP contribution in [0.4, 0.5) is 17.8 Å². The Morgan fingerprint density at radius 2 is 1.60 bits per heavy atom. The predicted octanol–water partition coefficient (Wildman–Crippen LogP) is 0.00120. The highest BCUT2D eigenvalue weighted by atomic mass is 15.4. The predicted molar refractivity (Wildman–Crippen MR) is 83.0 cm³/mol. The Morgan fingerprint density at radius 3 is 2.10 bits per heavy atom. The maximum atomic E-state index is 5.44. The highest BCUT2D eigenvalue weighted by molar-refractivity contribution is 5.44. The van der Waals surface area contributed by atoms with E-state index in [0.29, 0.717) is 17.8 Å². The molecule has 0 atom stereocenters. The highest BCUT2D eigenvalue weighted by Crippen LogP contribution is 2.15. The van der Waals surface area contributed by atoms with E-state index in [9.17, 15) is 0 Å². The van der Waals surface area contributed by atoms with Crippen molar-refractivity contribution in [2.75, 3.05) is 63.1 Å². The first-order chi connectivity index (χ1) is 9.47. The molecular formula is C12H26N8. The van der Waals surface area contributed by atoms with Crippen molar-refractivity contribution in [3.8, 4) is 0 Å². The zero-order chi connectivity index (χ0) is 15.1. The number of nitrogens with one attached hydrogen (secondary N) is 1. The van der Waals surface area contributed by atoms with Gasteiger partial charge in [-0.3, -0.25) is 5.43 Å². The molecule has 1 heterocycles. The molecule has 0 spiro atoms. The fourth-order valence-corrected chi connectivity index (χ4v) is 1.66. The van der Waals surface area contributed by atoms with Gasteiger partial charge in [0.1, 0.15) is 0 Å². The van der Waals surface area contributed by atoms with Gasteiger partial charge in [-0.05, 0) is 20.5 Å². The number of hydrazine groups is 1. The molecule has 0 fully saturated rings. The molecule has 0 aromatic carbocycles. The Balaban J connectivity index is 3.01. The summed E-state index contributed by atoms with van der Waals surface area (Å²) in [6, 6.07) is 0. The van der Waals surface area contributed by atoms with Crippen LogP contribution in [0.1, 0.15) is 13.3 Å². The van der Waals surface area contributed by atoms with Crippen molar-refractivity contribution < 1.29 is 0 Å². The summed E-state index contributed by atoms with van der Waals surface area (Å²) in [6.07, 6.45) is 1.03. The van der Waals surface area contributed by atoms with Gasteiger partial charge >= 0.3 is 0 Å². The fourth-order valence-electron chi connectivity index (χ4n) is 1.66. The molecule has 8 heteroatoms. The first-order valence-electron chi connectivity index (χ1n) is 6.77. The van der Waals surface area contributed by atoms with Crippen molar-refractivity contribution in [2.24, 2.45) is 5.84 Å². The maximum Gasteiger partial charge on any atom is 0.243 e. The molecule has 0 radical (unpaired) electrons. The van der Waals surface area contributed by atoms with Crippen LogP contribution < -0.4 is 21.1 Å². The summed E-state index contributed by atoms with van der Waals surface area (Å²) in [5.41, 5.74) is 2.50. The van der Waals surface area contributed by atoms with Gasteiger partial charge < -0.3 is 14.7 Å². The Kier molecular flexibility index (Phi) is 6.40. The molecule has 3 N–H and O–H groups in total. The lowest BCUT2D eigenvalue weighted by Crippen LogP contribution is -2.34. The topological polar surface area (TPSA) is 86.4 Å². The number of hydrogen-bond acceptors (Lipinski definition) is 8. The van der Waals surface area contributed by atoms with E-state index in [1.165, 1.54) is 0 Å². The number of nitrogen functional groups attached to an aromatic ring is 1. The number of hydrogen-bond donors (Lipinski definition) is 2. The molecule has 1 aromatic heterocycles. The van der Waals surface area contributed by atoms with Gasteiger partial charge in [0.05, 0.1) is 0 Å². The molecule has 0 saturated heterocycles. The highest BCUT2D eigenvalue weighted by Gasteiger charge is 2.13. The van der Waals surface area contributed by atoms with Gasteiger partial charge in [-0.2, -0.15) is 15.0 Å². The average molecular weight is 282 g/mol. The number of likely N-dealkylation sites (N-methyl/N-ethyl adjacent to an activating group) is 1. The van der Waals surface area contributed by atoms with Crippen molar-refractivity contribution in [1.29, 1.82) is 0 Å². The Morgan fingerprint density at radius 1 is 0.950 bits per heavy atom. The maximum absolute atomic E-state index is 5.44. The number of nitrogens with zero attached hydrogens (tertiary/aromatic N) is 6. The van der Waals surface area contributed by atoms with Gasteiger partial charge in [0.25, 0.3) is 0 Å². The van der Waals surface area contributed by atoms with E-state index < -0.39 is 0 Å². The summed E-state index contributed by atoms with van der Waals surface area (Å²) < 4.78 is 0. The van der Waals surface area contributed by atoms with Gasteiger partial charge in [-0.25, -0.2) is 5.84 Å². The molecule has 114 valence electrons. The Bertz CT molecular complexity index is 406. The largest absolute Gasteiger partial charge is 0.347 e. The summed E-state index contributed by atoms with van der Waals surface area (Å²) in [4.78, 5) is 19.2. The third-order valence-electron chi connectivity index (χ3n) is 2.73. The van der Waals surface area contributed by atoms with Crippen LogP contribution in [-0.2, 0) is 0 Å². The monoisotopic (exact) mass is 282 g/mol. The minimum atomic E-state index is 0.379. The van der Waals surface area contributed by atoms with E-state index in [-0.39, 0.29) is 0 Å². The van der Waals surface area contributed by atoms with Crippen LogP contribution in [0, 0.1) is 0 Å². The molecule has 1 aromatic rings. The Labute approximate surface area is 121 Å². The van der Waals surface area contributed by atoms with Crippen LogP contribution in [0.2, 0.25) is 0 Å². The summed E-state index contributed by atoms with van der Waals surface area (Å²) in [5.74, 6) is 7.06. The molecule has 0 bridgehead atoms. The summed E-state index contributed by atoms with van der Waals surface area (Å²) in [6.45, 7) is 4.84. The molecule has 20 heavy (non-hydrogen) atoms. The van der Waals surface area contributed by atoms with E-state index in [4.69, 9.17) is 5.84 Å². The number of aromatic nitrogens is 3. The van der Waals surface area contributed by atoms with Gasteiger partial charge in [0, 0.05) is 33.7 Å². The van der Waals surface area contributed by atoms with Crippen LogP contribution in [0.3, 0.4) is 0 Å². The SMILES string of the molecule is CCCN(CCN(C)C)c1nc(NN)nc(N(C)C)n1. The second kappa shape index (κ2) is 7.81. The quantitative estimate of drug-likeness (QED) is 0.509. The normalized spacial score (nSPS) is 10.8. The Hall–Kier alpha value is -1.67. The van der Waals surface area contributed by atoms with Gasteiger partial charge in [0.2, 0.25) is 17.8 Å². The fraction of sp³-hybridized carbons (Fsp3) is 0.750. The van der Waals surface area contributed by atoms with Crippen LogP contribution in [0.25, 0.3) is 0 Å². The van der Waals surface area contributed by atoms with Crippen LogP contribution in [0.15, 0.2) is 0 Å². The third-order valence-corrected chi connectivity index (χ3v) is 2.73. The first kappa shape index (κ1) is 16.4. The zero-order valence-corrected chi connectivity index (χ0v) is 13.1. The second-order valence-corrected chi connectivity index (χ2v) is 5.09. The molecular weight excluding hydrogens is 256 g/mol. The summed E-state index contributed by atoms with van der Waals surface area (Å²) in [5, 5.41) is 0. The first-order valence-corrected chi connectivity index (χ1v) is 6.77. The van der Waals surface area contributed by atoms with E-state index in [1.807, 2.05) is 19.0 Å². The van der Waals surface area contributed by atoms with Crippen molar-refractivity contribution in [3.63, 3.8) is 0 Å². The molecule has 0 aliphatic rings. The molecule has 1 rings (SSSR count). The lowest BCUT2D eigenvalue weighted by atomic mass is 10.4. The minimum absolute atomic E-state index is 0.379. The number of nitrogens with two attached hydrogens (primary N) is 1. The minimum Gasteiger partial charge on any atom is -0.347 e. The summed E-state index contributed by atoms with van der Waals surface area (Å²) >= 11 is 0. The molecule has 0 aliphatic carbocycles. The lowest BCUT2D eigenvalue weighted by Gasteiger charge is -2.25. The van der Waals surface area contributed by atoms with Crippen LogP contribution in [0.5, 0.6) is 0 Å². The number of anilines is 3. The molecule has 8 nitrogen and oxygen atoms in total. The van der Waals surface area contributed by atoms with Crippen LogP contribution >= 0.6 is 0 Å². The molecule has 0 amide bonds. The van der Waals surface area contributed by atoms with E-state index in [2.05, 4.69) is 51.2 Å². The van der Waals surface area contributed by atoms with Gasteiger partial charge in [-0.15, -0.1) is 0 Å². The smallest absolute Gasteiger partial charge is 0.243 e. The van der Waals surface area contributed by atoms with Gasteiger partial charge in [0.15, 0.2) is 0 Å². The van der Waals surface area contributed by atoms with E-state index >= 15 is 0 Å². The van der Waals surface area contributed by atoms with Gasteiger partial charge in [-0.1, -0.05) is 6.92 Å². The average Bonchev–Trinajstić information content (AvgIpc) is 2.42. The molecule has 0 saturated carbocycles. The molecule has 0 unspecified atom stereocenters. The van der Waals surface area contributed by atoms with Crippen molar-refractivity contribution in [2.45, 2.75) is 13.3 Å². The van der Waals surface area contributed by atoms with Crippen molar-refractivity contribution in [1.82, 2.24) is 19.9 Å². The standard InChI is InChI=1S/C12H26N8/c1-6-7-20(9-8-18(2)3)12-15-10(17-13)14-11(16-12)19(4)5/h6-9,13H2,1-5H3,(H,14,15,16,17). The molecule has 0 aliphatic heterocycles. The van der Waals surface area contributed by atoms with E-state index in [0.717, 1.165) is 26.1 Å².